The number of nitrogens with zero attached hydrogens (tertiary/aromatic N) is 1. The Balaban J connectivity index is 1.84. The van der Waals surface area contributed by atoms with Gasteiger partial charge < -0.3 is 21.4 Å². The number of rotatable bonds is 3. The third-order valence-corrected chi connectivity index (χ3v) is 3.81. The second-order valence-corrected chi connectivity index (χ2v) is 5.56. The van der Waals surface area contributed by atoms with E-state index in [1.807, 2.05) is 18.4 Å². The third-order valence-electron chi connectivity index (χ3n) is 3.81. The van der Waals surface area contributed by atoms with Crippen molar-refractivity contribution in [2.24, 2.45) is 5.73 Å². The first-order valence-electron chi connectivity index (χ1n) is 7.00. The molecule has 4 heteroatoms. The van der Waals surface area contributed by atoms with Crippen molar-refractivity contribution in [1.29, 1.82) is 5.41 Å². The monoisotopic (exact) mass is 260 g/mol. The van der Waals surface area contributed by atoms with Crippen LogP contribution in [0.4, 0.5) is 0 Å². The molecule has 0 aromatic heterocycles. The lowest BCUT2D eigenvalue weighted by Crippen LogP contribution is -2.43. The Kier molecular flexibility index (Phi) is 4.43. The number of nitrogens with two attached hydrogens (primary N) is 1. The van der Waals surface area contributed by atoms with Crippen molar-refractivity contribution in [1.82, 2.24) is 10.2 Å². The molecule has 0 aromatic carbocycles. The van der Waals surface area contributed by atoms with E-state index in [1.54, 1.807) is 6.08 Å². The number of nitrogens with one attached hydrogen (secondary N) is 2. The van der Waals surface area contributed by atoms with Crippen LogP contribution in [0.5, 0.6) is 0 Å². The zero-order valence-electron chi connectivity index (χ0n) is 11.8. The maximum absolute atomic E-state index is 7.86. The molecule has 4 nitrogen and oxygen atoms in total. The predicted octanol–water partition coefficient (Wildman–Crippen LogP) is 1.76. The summed E-state index contributed by atoms with van der Waals surface area (Å²) in [5.41, 5.74) is 7.68. The summed E-state index contributed by atoms with van der Waals surface area (Å²) in [5.74, 6) is 0. The highest BCUT2D eigenvalue weighted by Gasteiger charge is 2.19. The molecule has 2 aliphatic rings. The van der Waals surface area contributed by atoms with Crippen LogP contribution in [0.3, 0.4) is 0 Å². The Bertz CT molecular complexity index is 423. The summed E-state index contributed by atoms with van der Waals surface area (Å²) in [6.07, 6.45) is 9.71. The van der Waals surface area contributed by atoms with Gasteiger partial charge in [0.1, 0.15) is 0 Å². The molecule has 0 spiro atoms. The number of likely N-dealkylation sites (tertiary alicyclic amines) is 1. The highest BCUT2D eigenvalue weighted by molar-refractivity contribution is 6.09. The Morgan fingerprint density at radius 3 is 2.63 bits per heavy atom. The van der Waals surface area contributed by atoms with Crippen molar-refractivity contribution in [2.75, 3.05) is 13.1 Å². The summed E-state index contributed by atoms with van der Waals surface area (Å²) in [5, 5.41) is 11.3. The normalized spacial score (nSPS) is 24.1. The third kappa shape index (κ3) is 3.70. The second-order valence-electron chi connectivity index (χ2n) is 5.56. The molecule has 0 saturated carbocycles. The van der Waals surface area contributed by atoms with Crippen molar-refractivity contribution in [3.8, 4) is 0 Å². The first-order chi connectivity index (χ1) is 9.06. The van der Waals surface area contributed by atoms with Crippen molar-refractivity contribution in [2.45, 2.75) is 38.8 Å². The van der Waals surface area contributed by atoms with Crippen LogP contribution in [-0.2, 0) is 0 Å². The molecule has 0 radical (unpaired) electrons. The summed E-state index contributed by atoms with van der Waals surface area (Å²) < 4.78 is 0. The van der Waals surface area contributed by atoms with Gasteiger partial charge in [0.2, 0.25) is 0 Å². The molecule has 1 fully saturated rings. The van der Waals surface area contributed by atoms with Gasteiger partial charge in [0.15, 0.2) is 0 Å². The highest BCUT2D eigenvalue weighted by Crippen LogP contribution is 2.14. The molecule has 4 N–H and O–H groups in total. The molecule has 1 aliphatic carbocycles. The van der Waals surface area contributed by atoms with Gasteiger partial charge in [-0.05, 0) is 44.9 Å². The fourth-order valence-electron chi connectivity index (χ4n) is 2.49. The van der Waals surface area contributed by atoms with Gasteiger partial charge >= 0.3 is 0 Å². The van der Waals surface area contributed by atoms with Gasteiger partial charge in [0.05, 0.1) is 5.71 Å². The molecule has 0 amide bonds. The molecule has 0 atom stereocenters. The van der Waals surface area contributed by atoms with Crippen molar-refractivity contribution < 1.29 is 0 Å². The molecule has 0 aromatic rings. The Labute approximate surface area is 115 Å². The molecule has 104 valence electrons. The molecule has 19 heavy (non-hydrogen) atoms. The average Bonchev–Trinajstić information content (AvgIpc) is 2.38. The van der Waals surface area contributed by atoms with E-state index in [2.05, 4.69) is 24.1 Å². The fourth-order valence-corrected chi connectivity index (χ4v) is 2.49. The van der Waals surface area contributed by atoms with Gasteiger partial charge in [0, 0.05) is 42.6 Å². The minimum Gasteiger partial charge on any atom is -0.399 e. The van der Waals surface area contributed by atoms with Crippen LogP contribution in [0, 0.1) is 5.41 Å². The Morgan fingerprint density at radius 1 is 1.37 bits per heavy atom. The van der Waals surface area contributed by atoms with Gasteiger partial charge in [-0.25, -0.2) is 0 Å². The molecule has 2 rings (SSSR count). The molecule has 0 bridgehead atoms. The zero-order valence-corrected chi connectivity index (χ0v) is 11.8. The molecule has 1 heterocycles. The van der Waals surface area contributed by atoms with Gasteiger partial charge in [-0.15, -0.1) is 0 Å². The van der Waals surface area contributed by atoms with E-state index in [0.717, 1.165) is 31.5 Å². The van der Waals surface area contributed by atoms with E-state index in [1.165, 1.54) is 0 Å². The molecule has 0 unspecified atom stereocenters. The van der Waals surface area contributed by atoms with Crippen LogP contribution in [0.1, 0.15) is 26.7 Å². The van der Waals surface area contributed by atoms with Crippen molar-refractivity contribution >= 4 is 5.71 Å². The van der Waals surface area contributed by atoms with Crippen LogP contribution < -0.4 is 11.1 Å². The SMILES string of the molecule is CC(C)N1CCC(N/C=C2/C=CC(N)=CC2=N)CC1. The number of hydrogen-bond donors (Lipinski definition) is 3. The minimum atomic E-state index is 0.479. The van der Waals surface area contributed by atoms with Crippen LogP contribution in [0.15, 0.2) is 35.7 Å². The first-order valence-corrected chi connectivity index (χ1v) is 7.00. The van der Waals surface area contributed by atoms with Crippen molar-refractivity contribution in [3.63, 3.8) is 0 Å². The predicted molar refractivity (Wildman–Crippen MR) is 80.1 cm³/mol. The maximum Gasteiger partial charge on any atom is 0.0647 e. The summed E-state index contributed by atoms with van der Waals surface area (Å²) in [6, 6.07) is 1.16. The number of allylic oxidation sites excluding steroid dienone is 4. The second kappa shape index (κ2) is 6.06. The van der Waals surface area contributed by atoms with E-state index < -0.39 is 0 Å². The molecule has 1 aliphatic heterocycles. The van der Waals surface area contributed by atoms with Crippen molar-refractivity contribution in [3.05, 3.63) is 35.7 Å². The smallest absolute Gasteiger partial charge is 0.0647 e. The summed E-state index contributed by atoms with van der Waals surface area (Å²) in [4.78, 5) is 2.51. The molecular weight excluding hydrogens is 236 g/mol. The topological polar surface area (TPSA) is 65.1 Å². The van der Waals surface area contributed by atoms with Gasteiger partial charge in [-0.3, -0.25) is 0 Å². The van der Waals surface area contributed by atoms with Crippen LogP contribution in [0.2, 0.25) is 0 Å². The number of piperidine rings is 1. The first kappa shape index (κ1) is 13.9. The van der Waals surface area contributed by atoms with E-state index in [4.69, 9.17) is 11.1 Å². The largest absolute Gasteiger partial charge is 0.399 e. The van der Waals surface area contributed by atoms with Crippen LogP contribution >= 0.6 is 0 Å². The summed E-state index contributed by atoms with van der Waals surface area (Å²) in [6.45, 7) is 6.80. The van der Waals surface area contributed by atoms with E-state index in [0.29, 0.717) is 23.5 Å². The summed E-state index contributed by atoms with van der Waals surface area (Å²) >= 11 is 0. The van der Waals surface area contributed by atoms with Crippen LogP contribution in [-0.4, -0.2) is 35.8 Å². The van der Waals surface area contributed by atoms with Gasteiger partial charge in [0.25, 0.3) is 0 Å². The average molecular weight is 260 g/mol. The fraction of sp³-hybridized carbons (Fsp3) is 0.533. The lowest BCUT2D eigenvalue weighted by Gasteiger charge is -2.34. The lowest BCUT2D eigenvalue weighted by atomic mass is 10.0. The van der Waals surface area contributed by atoms with Crippen LogP contribution in [0.25, 0.3) is 0 Å². The zero-order chi connectivity index (χ0) is 13.8. The summed E-state index contributed by atoms with van der Waals surface area (Å²) in [7, 11) is 0. The van der Waals surface area contributed by atoms with Gasteiger partial charge in [-0.1, -0.05) is 0 Å². The lowest BCUT2D eigenvalue weighted by molar-refractivity contribution is 0.166. The minimum absolute atomic E-state index is 0.479. The van der Waals surface area contributed by atoms with E-state index in [9.17, 15) is 0 Å². The highest BCUT2D eigenvalue weighted by atomic mass is 15.2. The quantitative estimate of drug-likeness (QED) is 0.724. The van der Waals surface area contributed by atoms with Gasteiger partial charge in [-0.2, -0.15) is 0 Å². The molecular formula is C15H24N4. The van der Waals surface area contributed by atoms with E-state index >= 15 is 0 Å². The Hall–Kier alpha value is -1.55. The number of hydrogen-bond acceptors (Lipinski definition) is 4. The molecule has 1 saturated heterocycles. The Morgan fingerprint density at radius 2 is 2.05 bits per heavy atom. The maximum atomic E-state index is 7.86. The van der Waals surface area contributed by atoms with E-state index in [-0.39, 0.29) is 0 Å². The standard InChI is InChI=1S/C15H24N4/c1-11(2)19-7-5-14(6-8-19)18-10-12-3-4-13(16)9-15(12)17/h3-4,9-11,14,17-18H,5-8,16H2,1-2H3/b12-10-,17-15?.